The summed E-state index contributed by atoms with van der Waals surface area (Å²) in [4.78, 5) is 13.6. The second-order valence-electron chi connectivity index (χ2n) is 5.17. The standard InChI is InChI=1S/C15H18F3NO2S/c1-22-10-14(20)19-5-6-21-13(9-19)8-11-3-2-4-12(7-11)15(16,17)18/h2-4,7,13H,5-6,8-10H2,1H3/t13-/m0/s1. The predicted octanol–water partition coefficient (Wildman–Crippen LogP) is 2.84. The highest BCUT2D eigenvalue weighted by Gasteiger charge is 2.31. The van der Waals surface area contributed by atoms with Gasteiger partial charge in [-0.25, -0.2) is 0 Å². The van der Waals surface area contributed by atoms with Gasteiger partial charge in [0.15, 0.2) is 0 Å². The molecule has 1 aromatic carbocycles. The molecule has 1 aliphatic rings. The van der Waals surface area contributed by atoms with Gasteiger partial charge in [0.25, 0.3) is 0 Å². The Morgan fingerprint density at radius 3 is 2.91 bits per heavy atom. The van der Waals surface area contributed by atoms with Crippen molar-refractivity contribution in [3.8, 4) is 0 Å². The Morgan fingerprint density at radius 2 is 2.23 bits per heavy atom. The average molecular weight is 333 g/mol. The molecule has 2 rings (SSSR count). The topological polar surface area (TPSA) is 29.5 Å². The maximum Gasteiger partial charge on any atom is 0.416 e. The van der Waals surface area contributed by atoms with Crippen LogP contribution in [0.25, 0.3) is 0 Å². The molecule has 1 atom stereocenters. The van der Waals surface area contributed by atoms with Crippen molar-refractivity contribution in [1.29, 1.82) is 0 Å². The van der Waals surface area contributed by atoms with E-state index in [2.05, 4.69) is 0 Å². The number of nitrogens with zero attached hydrogens (tertiary/aromatic N) is 1. The molecule has 122 valence electrons. The van der Waals surface area contributed by atoms with Crippen molar-refractivity contribution in [3.05, 3.63) is 35.4 Å². The lowest BCUT2D eigenvalue weighted by Gasteiger charge is -2.33. The third-order valence-electron chi connectivity index (χ3n) is 3.48. The van der Waals surface area contributed by atoms with E-state index in [0.29, 0.717) is 37.4 Å². The van der Waals surface area contributed by atoms with Crippen molar-refractivity contribution < 1.29 is 22.7 Å². The van der Waals surface area contributed by atoms with Crippen LogP contribution in [-0.2, 0) is 22.1 Å². The number of rotatable bonds is 4. The molecule has 1 saturated heterocycles. The second-order valence-corrected chi connectivity index (χ2v) is 6.03. The van der Waals surface area contributed by atoms with E-state index in [0.717, 1.165) is 12.1 Å². The minimum Gasteiger partial charge on any atom is -0.374 e. The first kappa shape index (κ1) is 17.1. The molecular formula is C15H18F3NO2S. The van der Waals surface area contributed by atoms with E-state index in [1.54, 1.807) is 11.0 Å². The maximum absolute atomic E-state index is 12.7. The van der Waals surface area contributed by atoms with Crippen LogP contribution >= 0.6 is 11.8 Å². The molecule has 1 aromatic rings. The van der Waals surface area contributed by atoms with Crippen LogP contribution in [0.15, 0.2) is 24.3 Å². The first-order valence-electron chi connectivity index (χ1n) is 6.94. The molecule has 22 heavy (non-hydrogen) atoms. The Morgan fingerprint density at radius 1 is 1.45 bits per heavy atom. The van der Waals surface area contributed by atoms with Crippen LogP contribution in [0.1, 0.15) is 11.1 Å². The highest BCUT2D eigenvalue weighted by Crippen LogP contribution is 2.30. The number of morpholine rings is 1. The van der Waals surface area contributed by atoms with E-state index in [-0.39, 0.29) is 12.0 Å². The zero-order valence-corrected chi connectivity index (χ0v) is 13.0. The van der Waals surface area contributed by atoms with Crippen molar-refractivity contribution in [1.82, 2.24) is 4.90 Å². The van der Waals surface area contributed by atoms with Gasteiger partial charge in [-0.05, 0) is 17.9 Å². The maximum atomic E-state index is 12.7. The molecule has 0 N–H and O–H groups in total. The van der Waals surface area contributed by atoms with E-state index < -0.39 is 11.7 Å². The summed E-state index contributed by atoms with van der Waals surface area (Å²) in [7, 11) is 0. The van der Waals surface area contributed by atoms with E-state index in [4.69, 9.17) is 4.74 Å². The van der Waals surface area contributed by atoms with E-state index in [9.17, 15) is 18.0 Å². The fourth-order valence-corrected chi connectivity index (χ4v) is 2.85. The molecule has 0 spiro atoms. The zero-order valence-electron chi connectivity index (χ0n) is 12.2. The van der Waals surface area contributed by atoms with Gasteiger partial charge in [0.2, 0.25) is 5.91 Å². The summed E-state index contributed by atoms with van der Waals surface area (Å²) < 4.78 is 43.7. The number of hydrogen-bond acceptors (Lipinski definition) is 3. The van der Waals surface area contributed by atoms with Crippen LogP contribution in [0.5, 0.6) is 0 Å². The monoisotopic (exact) mass is 333 g/mol. The van der Waals surface area contributed by atoms with Gasteiger partial charge in [0.1, 0.15) is 0 Å². The first-order valence-corrected chi connectivity index (χ1v) is 8.34. The van der Waals surface area contributed by atoms with Gasteiger partial charge in [-0.3, -0.25) is 4.79 Å². The van der Waals surface area contributed by atoms with Crippen molar-refractivity contribution in [2.24, 2.45) is 0 Å². The fourth-order valence-electron chi connectivity index (χ4n) is 2.42. The molecular weight excluding hydrogens is 315 g/mol. The molecule has 3 nitrogen and oxygen atoms in total. The minimum atomic E-state index is -4.34. The van der Waals surface area contributed by atoms with Crippen LogP contribution in [0, 0.1) is 0 Å². The highest BCUT2D eigenvalue weighted by molar-refractivity contribution is 7.99. The number of halogens is 3. The van der Waals surface area contributed by atoms with Gasteiger partial charge in [-0.1, -0.05) is 18.2 Å². The van der Waals surface area contributed by atoms with Gasteiger partial charge in [0.05, 0.1) is 24.0 Å². The number of amides is 1. The van der Waals surface area contributed by atoms with Gasteiger partial charge in [-0.2, -0.15) is 24.9 Å². The normalized spacial score (nSPS) is 19.3. The van der Waals surface area contributed by atoms with Gasteiger partial charge >= 0.3 is 6.18 Å². The molecule has 0 radical (unpaired) electrons. The Kier molecular flexibility index (Phi) is 5.74. The molecule has 1 amide bonds. The Bertz CT molecular complexity index is 522. The number of carbonyl (C=O) groups excluding carboxylic acids is 1. The minimum absolute atomic E-state index is 0.0462. The van der Waals surface area contributed by atoms with Crippen LogP contribution in [0.4, 0.5) is 13.2 Å². The summed E-state index contributed by atoms with van der Waals surface area (Å²) in [5, 5.41) is 0. The van der Waals surface area contributed by atoms with Crippen LogP contribution in [0.2, 0.25) is 0 Å². The molecule has 1 fully saturated rings. The Balaban J connectivity index is 2.00. The first-order chi connectivity index (χ1) is 10.4. The molecule has 1 heterocycles. The predicted molar refractivity (Wildman–Crippen MR) is 79.9 cm³/mol. The summed E-state index contributed by atoms with van der Waals surface area (Å²) in [5.74, 6) is 0.459. The fraction of sp³-hybridized carbons (Fsp3) is 0.533. The van der Waals surface area contributed by atoms with Crippen molar-refractivity contribution in [2.75, 3.05) is 31.7 Å². The quantitative estimate of drug-likeness (QED) is 0.849. The van der Waals surface area contributed by atoms with Crippen molar-refractivity contribution in [2.45, 2.75) is 18.7 Å². The smallest absolute Gasteiger partial charge is 0.374 e. The number of benzene rings is 1. The summed E-state index contributed by atoms with van der Waals surface area (Å²) in [6.45, 7) is 1.39. The third kappa shape index (κ3) is 4.64. The lowest BCUT2D eigenvalue weighted by atomic mass is 10.0. The highest BCUT2D eigenvalue weighted by atomic mass is 32.2. The Hall–Kier alpha value is -1.21. The molecule has 1 aliphatic heterocycles. The van der Waals surface area contributed by atoms with E-state index in [1.807, 2.05) is 6.26 Å². The number of thioether (sulfide) groups is 1. The summed E-state index contributed by atoms with van der Waals surface area (Å²) in [6, 6.07) is 5.25. The lowest BCUT2D eigenvalue weighted by molar-refractivity contribution is -0.137. The van der Waals surface area contributed by atoms with Crippen LogP contribution in [-0.4, -0.2) is 48.6 Å². The molecule has 0 bridgehead atoms. The summed E-state index contributed by atoms with van der Waals surface area (Å²) in [5.41, 5.74) is -0.0879. The molecule has 0 unspecified atom stereocenters. The Labute approximate surface area is 131 Å². The average Bonchev–Trinajstić information content (AvgIpc) is 2.47. The van der Waals surface area contributed by atoms with Gasteiger partial charge in [0, 0.05) is 19.5 Å². The third-order valence-corrected chi connectivity index (χ3v) is 4.01. The van der Waals surface area contributed by atoms with Crippen molar-refractivity contribution >= 4 is 17.7 Å². The molecule has 0 aliphatic carbocycles. The van der Waals surface area contributed by atoms with Crippen LogP contribution in [0.3, 0.4) is 0 Å². The lowest BCUT2D eigenvalue weighted by Crippen LogP contribution is -2.47. The van der Waals surface area contributed by atoms with E-state index >= 15 is 0 Å². The molecule has 7 heteroatoms. The summed E-state index contributed by atoms with van der Waals surface area (Å²) >= 11 is 1.46. The summed E-state index contributed by atoms with van der Waals surface area (Å²) in [6.07, 6.45) is -2.38. The largest absolute Gasteiger partial charge is 0.416 e. The SMILES string of the molecule is CSCC(=O)N1CCO[C@@H](Cc2cccc(C(F)(F)F)c2)C1. The number of hydrogen-bond donors (Lipinski definition) is 0. The van der Waals surface area contributed by atoms with Gasteiger partial charge < -0.3 is 9.64 Å². The number of ether oxygens (including phenoxy) is 1. The number of alkyl halides is 3. The zero-order chi connectivity index (χ0) is 16.2. The molecule has 0 aromatic heterocycles. The second kappa shape index (κ2) is 7.37. The van der Waals surface area contributed by atoms with Gasteiger partial charge in [-0.15, -0.1) is 0 Å². The molecule has 0 saturated carbocycles. The van der Waals surface area contributed by atoms with Crippen molar-refractivity contribution in [3.63, 3.8) is 0 Å². The van der Waals surface area contributed by atoms with Crippen LogP contribution < -0.4 is 0 Å². The van der Waals surface area contributed by atoms with E-state index in [1.165, 1.54) is 17.8 Å². The number of carbonyl (C=O) groups is 1.